The number of carbonyl (C=O) groups is 3. The Balaban J connectivity index is 1.33. The Hall–Kier alpha value is -5.44. The number of nitrogens with one attached hydrogen (secondary N) is 2. The summed E-state index contributed by atoms with van der Waals surface area (Å²) in [5, 5.41) is 2.29. The van der Waals surface area contributed by atoms with Crippen molar-refractivity contribution in [1.82, 2.24) is 14.5 Å². The predicted octanol–water partition coefficient (Wildman–Crippen LogP) is 3.50. The van der Waals surface area contributed by atoms with Crippen molar-refractivity contribution < 1.29 is 36.3 Å². The maximum absolute atomic E-state index is 15.2. The van der Waals surface area contributed by atoms with Crippen molar-refractivity contribution in [2.24, 2.45) is 13.0 Å². The summed E-state index contributed by atoms with van der Waals surface area (Å²) >= 11 is 0. The fourth-order valence-corrected chi connectivity index (χ4v) is 6.04. The topological polar surface area (TPSA) is 163 Å². The van der Waals surface area contributed by atoms with Gasteiger partial charge in [0.1, 0.15) is 23.2 Å². The quantitative estimate of drug-likeness (QED) is 0.168. The number of halogens is 2. The predicted molar refractivity (Wildman–Crippen MR) is 174 cm³/mol. The number of carbonyl (C=O) groups excluding carboxylic acids is 3. The second kappa shape index (κ2) is 14.0. The van der Waals surface area contributed by atoms with E-state index in [1.165, 1.54) is 72.4 Å². The van der Waals surface area contributed by atoms with Crippen LogP contribution in [0.3, 0.4) is 0 Å². The molecule has 0 radical (unpaired) electrons. The van der Waals surface area contributed by atoms with Gasteiger partial charge in [0.25, 0.3) is 21.5 Å². The molecule has 49 heavy (non-hydrogen) atoms. The van der Waals surface area contributed by atoms with Crippen LogP contribution in [0.4, 0.5) is 14.5 Å². The summed E-state index contributed by atoms with van der Waals surface area (Å²) in [5.41, 5.74) is -1.65. The zero-order chi connectivity index (χ0) is 35.6. The molecule has 0 bridgehead atoms. The molecule has 0 aliphatic heterocycles. The van der Waals surface area contributed by atoms with Crippen LogP contribution in [-0.2, 0) is 33.0 Å². The van der Waals surface area contributed by atoms with E-state index in [1.54, 1.807) is 13.8 Å². The molecule has 1 aromatic heterocycles. The van der Waals surface area contributed by atoms with E-state index in [2.05, 4.69) is 10.0 Å². The minimum atomic E-state index is -4.33. The van der Waals surface area contributed by atoms with Crippen molar-refractivity contribution in [2.75, 3.05) is 4.72 Å². The number of Topliss-reactive ketones (excluding diaryl/α,β-unsaturated/α-hetero) is 1. The van der Waals surface area contributed by atoms with Gasteiger partial charge in [0, 0.05) is 37.2 Å². The fraction of sp³-hybridized carbons (Fsp3) is 0.265. The molecular weight excluding hydrogens is 662 g/mol. The summed E-state index contributed by atoms with van der Waals surface area (Å²) in [5.74, 6) is -5.15. The van der Waals surface area contributed by atoms with E-state index < -0.39 is 68.2 Å². The van der Waals surface area contributed by atoms with E-state index in [1.807, 2.05) is 0 Å². The van der Waals surface area contributed by atoms with E-state index in [0.717, 1.165) is 17.4 Å². The van der Waals surface area contributed by atoms with Crippen LogP contribution in [0.15, 0.2) is 87.4 Å². The molecule has 1 heterocycles. The lowest BCUT2D eigenvalue weighted by atomic mass is 10.0. The Morgan fingerprint density at radius 2 is 1.55 bits per heavy atom. The number of esters is 1. The van der Waals surface area contributed by atoms with Crippen molar-refractivity contribution in [1.29, 1.82) is 0 Å². The summed E-state index contributed by atoms with van der Waals surface area (Å²) in [7, 11) is -2.84. The Labute approximate surface area is 279 Å². The third kappa shape index (κ3) is 8.00. The second-order valence-corrected chi connectivity index (χ2v) is 13.5. The number of ether oxygens (including phenoxy) is 1. The van der Waals surface area contributed by atoms with E-state index in [9.17, 15) is 32.4 Å². The number of nitrogens with zero attached hydrogens (tertiary/aromatic N) is 2. The number of aryl methyl sites for hydroxylation is 1. The first-order valence-electron chi connectivity index (χ1n) is 15.2. The van der Waals surface area contributed by atoms with Gasteiger partial charge in [-0.15, -0.1) is 0 Å². The second-order valence-electron chi connectivity index (χ2n) is 11.8. The van der Waals surface area contributed by atoms with Gasteiger partial charge in [0.2, 0.25) is 0 Å². The molecular formula is C34H32F2N4O8S. The van der Waals surface area contributed by atoms with Crippen LogP contribution in [-0.4, -0.2) is 47.4 Å². The molecule has 256 valence electrons. The number of rotatable bonds is 12. The van der Waals surface area contributed by atoms with Crippen LogP contribution < -0.4 is 21.3 Å². The number of benzene rings is 3. The van der Waals surface area contributed by atoms with Crippen molar-refractivity contribution in [2.45, 2.75) is 50.2 Å². The standard InChI is InChI=1S/C34H32F2N4O8S/c1-19(2)48-33(44)28(16-20-4-10-24(11-5-20)40-29(41)14-15-39(3)34(40)45)37-32(43)30-26(35)17-23(18-27(30)36)38-49(46,47)25-12-8-22(9-13-25)31(42)21-6-7-21/h4-5,8-15,17-19,21,28,38H,6-7,16H2,1-3H3,(H,37,43)/t28-/m0/s1. The van der Waals surface area contributed by atoms with E-state index in [4.69, 9.17) is 4.74 Å². The summed E-state index contributed by atoms with van der Waals surface area (Å²) in [6, 6.07) is 12.1. The van der Waals surface area contributed by atoms with Gasteiger partial charge >= 0.3 is 11.7 Å². The molecule has 15 heteroatoms. The van der Waals surface area contributed by atoms with Gasteiger partial charge in [-0.25, -0.2) is 31.4 Å². The number of aromatic nitrogens is 2. The van der Waals surface area contributed by atoms with Gasteiger partial charge in [0.15, 0.2) is 5.78 Å². The minimum Gasteiger partial charge on any atom is -0.461 e. The van der Waals surface area contributed by atoms with Crippen molar-refractivity contribution in [3.63, 3.8) is 0 Å². The average Bonchev–Trinajstić information content (AvgIpc) is 3.88. The first-order valence-corrected chi connectivity index (χ1v) is 16.7. The van der Waals surface area contributed by atoms with Gasteiger partial charge in [-0.2, -0.15) is 0 Å². The van der Waals surface area contributed by atoms with Crippen LogP contribution in [0.5, 0.6) is 0 Å². The lowest BCUT2D eigenvalue weighted by molar-refractivity contribution is -0.149. The molecule has 3 aromatic carbocycles. The summed E-state index contributed by atoms with van der Waals surface area (Å²) in [4.78, 5) is 62.8. The summed E-state index contributed by atoms with van der Waals surface area (Å²) < 4.78 is 65.7. The van der Waals surface area contributed by atoms with E-state index in [-0.39, 0.29) is 28.7 Å². The van der Waals surface area contributed by atoms with Gasteiger partial charge in [-0.1, -0.05) is 24.3 Å². The molecule has 5 rings (SSSR count). The normalized spacial score (nSPS) is 13.5. The van der Waals surface area contributed by atoms with Crippen molar-refractivity contribution in [3.05, 3.63) is 122 Å². The highest BCUT2D eigenvalue weighted by Gasteiger charge is 2.31. The maximum Gasteiger partial charge on any atom is 0.335 e. The fourth-order valence-electron chi connectivity index (χ4n) is 5.00. The maximum atomic E-state index is 15.2. The Bertz CT molecular complexity index is 2130. The van der Waals surface area contributed by atoms with Gasteiger partial charge in [-0.05, 0) is 68.7 Å². The largest absolute Gasteiger partial charge is 0.461 e. The average molecular weight is 695 g/mol. The third-order valence-corrected chi connectivity index (χ3v) is 9.05. The zero-order valence-electron chi connectivity index (χ0n) is 26.6. The molecule has 1 aliphatic carbocycles. The smallest absolute Gasteiger partial charge is 0.335 e. The van der Waals surface area contributed by atoms with Crippen molar-refractivity contribution in [3.8, 4) is 5.69 Å². The first kappa shape index (κ1) is 34.9. The van der Waals surface area contributed by atoms with Crippen LogP contribution >= 0.6 is 0 Å². The molecule has 2 N–H and O–H groups in total. The lowest BCUT2D eigenvalue weighted by Crippen LogP contribution is -2.44. The first-order chi connectivity index (χ1) is 23.1. The number of hydrogen-bond acceptors (Lipinski definition) is 8. The summed E-state index contributed by atoms with van der Waals surface area (Å²) in [6.45, 7) is 3.15. The molecule has 0 saturated heterocycles. The number of sulfonamides is 1. The van der Waals surface area contributed by atoms with Crippen molar-refractivity contribution >= 4 is 33.4 Å². The van der Waals surface area contributed by atoms with Crippen LogP contribution in [0.25, 0.3) is 5.69 Å². The number of hydrogen-bond donors (Lipinski definition) is 2. The molecule has 1 aliphatic rings. The van der Waals surface area contributed by atoms with Gasteiger partial charge < -0.3 is 14.6 Å². The van der Waals surface area contributed by atoms with E-state index in [0.29, 0.717) is 23.3 Å². The van der Waals surface area contributed by atoms with Gasteiger partial charge in [-0.3, -0.25) is 19.1 Å². The van der Waals surface area contributed by atoms with Crippen LogP contribution in [0.2, 0.25) is 0 Å². The molecule has 0 unspecified atom stereocenters. The zero-order valence-corrected chi connectivity index (χ0v) is 27.4. The monoisotopic (exact) mass is 694 g/mol. The summed E-state index contributed by atoms with van der Waals surface area (Å²) in [6.07, 6.45) is 2.12. The third-order valence-electron chi connectivity index (χ3n) is 7.65. The SMILES string of the molecule is CC(C)OC(=O)[C@H](Cc1ccc(-n2c(=O)ccn(C)c2=O)cc1)NC(=O)c1c(F)cc(NS(=O)(=O)c2ccc(C(=O)C3CC3)cc2)cc1F. The van der Waals surface area contributed by atoms with Crippen LogP contribution in [0, 0.1) is 17.6 Å². The Kier molecular flexibility index (Phi) is 9.94. The Morgan fingerprint density at radius 3 is 2.12 bits per heavy atom. The molecule has 1 saturated carbocycles. The number of ketones is 1. The molecule has 1 amide bonds. The number of anilines is 1. The van der Waals surface area contributed by atoms with Gasteiger partial charge in [0.05, 0.1) is 22.4 Å². The highest BCUT2D eigenvalue weighted by Crippen LogP contribution is 2.33. The minimum absolute atomic E-state index is 0.0591. The van der Waals surface area contributed by atoms with E-state index >= 15 is 8.78 Å². The molecule has 0 spiro atoms. The highest BCUT2D eigenvalue weighted by molar-refractivity contribution is 7.92. The molecule has 12 nitrogen and oxygen atoms in total. The molecule has 1 fully saturated rings. The molecule has 4 aromatic rings. The highest BCUT2D eigenvalue weighted by atomic mass is 32.2. The lowest BCUT2D eigenvalue weighted by Gasteiger charge is -2.20. The van der Waals surface area contributed by atoms with Crippen LogP contribution in [0.1, 0.15) is 53.0 Å². The molecule has 1 atom stereocenters. The number of amides is 1. The Morgan fingerprint density at radius 1 is 0.939 bits per heavy atom.